The monoisotopic (exact) mass is 258 g/mol. The van der Waals surface area contributed by atoms with Gasteiger partial charge in [-0.15, -0.1) is 0 Å². The van der Waals surface area contributed by atoms with Gasteiger partial charge in [-0.25, -0.2) is 0 Å². The Bertz CT molecular complexity index is 562. The lowest BCUT2D eigenvalue weighted by molar-refractivity contribution is -0.121. The molecule has 5 heteroatoms. The van der Waals surface area contributed by atoms with Crippen LogP contribution in [0.15, 0.2) is 30.5 Å². The number of nitrogens with one attached hydrogen (secondary N) is 2. The van der Waals surface area contributed by atoms with Gasteiger partial charge in [0.25, 0.3) is 0 Å². The molecule has 0 bridgehead atoms. The Hall–Kier alpha value is -2.30. The van der Waals surface area contributed by atoms with Gasteiger partial charge in [0.15, 0.2) is 0 Å². The van der Waals surface area contributed by atoms with Crippen molar-refractivity contribution < 1.29 is 4.79 Å². The van der Waals surface area contributed by atoms with Gasteiger partial charge in [0, 0.05) is 18.5 Å². The van der Waals surface area contributed by atoms with E-state index < -0.39 is 0 Å². The largest absolute Gasteiger partial charge is 0.384 e. The van der Waals surface area contributed by atoms with E-state index in [1.807, 2.05) is 25.1 Å². The van der Waals surface area contributed by atoms with E-state index in [9.17, 15) is 4.79 Å². The molecule has 1 amide bonds. The number of H-pyrrole nitrogens is 1. The second kappa shape index (κ2) is 6.04. The second-order valence-electron chi connectivity index (χ2n) is 4.57. The van der Waals surface area contributed by atoms with Crippen LogP contribution in [0.2, 0.25) is 0 Å². The van der Waals surface area contributed by atoms with Crippen LogP contribution in [0.3, 0.4) is 0 Å². The van der Waals surface area contributed by atoms with Gasteiger partial charge in [-0.1, -0.05) is 29.8 Å². The molecule has 1 aromatic carbocycles. The van der Waals surface area contributed by atoms with E-state index in [1.54, 1.807) is 6.20 Å². The molecule has 0 aliphatic carbocycles. The Morgan fingerprint density at radius 1 is 1.47 bits per heavy atom. The summed E-state index contributed by atoms with van der Waals surface area (Å²) in [7, 11) is 0. The van der Waals surface area contributed by atoms with Crippen molar-refractivity contribution in [1.29, 1.82) is 0 Å². The molecule has 0 unspecified atom stereocenters. The molecule has 1 heterocycles. The maximum absolute atomic E-state index is 11.7. The molecular formula is C14H18N4O. The number of hydrogen-bond donors (Lipinski definition) is 3. The molecule has 2 aromatic rings. The number of carbonyl (C=O) groups is 1. The highest BCUT2D eigenvalue weighted by molar-refractivity contribution is 5.76. The van der Waals surface area contributed by atoms with Gasteiger partial charge in [-0.2, -0.15) is 5.10 Å². The standard InChI is InChI=1S/C14H18N4O/c1-10-3-2-4-11(7-10)5-6-13(19)16-8-12-9-17-18-14(12)15/h2-4,7,9H,5-6,8H2,1H3,(H,16,19)(H3,15,17,18). The lowest BCUT2D eigenvalue weighted by atomic mass is 10.1. The number of nitrogen functional groups attached to an aromatic ring is 1. The summed E-state index contributed by atoms with van der Waals surface area (Å²) in [4.78, 5) is 11.7. The van der Waals surface area contributed by atoms with E-state index in [2.05, 4.69) is 21.6 Å². The third-order valence-corrected chi connectivity index (χ3v) is 2.95. The van der Waals surface area contributed by atoms with Crippen molar-refractivity contribution in [3.63, 3.8) is 0 Å². The summed E-state index contributed by atoms with van der Waals surface area (Å²) < 4.78 is 0. The average molecular weight is 258 g/mol. The van der Waals surface area contributed by atoms with E-state index in [0.717, 1.165) is 12.0 Å². The lowest BCUT2D eigenvalue weighted by Crippen LogP contribution is -2.23. The Labute approximate surface area is 112 Å². The topological polar surface area (TPSA) is 83.8 Å². The molecule has 19 heavy (non-hydrogen) atoms. The molecule has 0 aliphatic heterocycles. The quantitative estimate of drug-likeness (QED) is 0.760. The second-order valence-corrected chi connectivity index (χ2v) is 4.57. The summed E-state index contributed by atoms with van der Waals surface area (Å²) in [6, 6.07) is 8.19. The van der Waals surface area contributed by atoms with E-state index in [-0.39, 0.29) is 5.91 Å². The molecule has 0 atom stereocenters. The van der Waals surface area contributed by atoms with Crippen LogP contribution in [0, 0.1) is 6.92 Å². The van der Waals surface area contributed by atoms with Crippen LogP contribution in [-0.4, -0.2) is 16.1 Å². The zero-order valence-corrected chi connectivity index (χ0v) is 10.9. The third-order valence-electron chi connectivity index (χ3n) is 2.95. The molecule has 0 aliphatic rings. The first kappa shape index (κ1) is 13.1. The third kappa shape index (κ3) is 3.84. The van der Waals surface area contributed by atoms with Gasteiger partial charge in [0.2, 0.25) is 5.91 Å². The number of aryl methyl sites for hydroxylation is 2. The van der Waals surface area contributed by atoms with Crippen LogP contribution < -0.4 is 11.1 Å². The first-order valence-electron chi connectivity index (χ1n) is 6.25. The fraction of sp³-hybridized carbons (Fsp3) is 0.286. The van der Waals surface area contributed by atoms with Crippen molar-refractivity contribution in [2.75, 3.05) is 5.73 Å². The number of amides is 1. The Morgan fingerprint density at radius 2 is 2.32 bits per heavy atom. The predicted octanol–water partition coefficient (Wildman–Crippen LogP) is 1.55. The van der Waals surface area contributed by atoms with Gasteiger partial charge < -0.3 is 11.1 Å². The number of anilines is 1. The van der Waals surface area contributed by atoms with E-state index in [0.29, 0.717) is 18.8 Å². The smallest absolute Gasteiger partial charge is 0.220 e. The minimum absolute atomic E-state index is 0.0158. The van der Waals surface area contributed by atoms with Crippen LogP contribution >= 0.6 is 0 Å². The Balaban J connectivity index is 1.77. The predicted molar refractivity (Wildman–Crippen MR) is 74.3 cm³/mol. The van der Waals surface area contributed by atoms with Gasteiger partial charge >= 0.3 is 0 Å². The molecule has 4 N–H and O–H groups in total. The van der Waals surface area contributed by atoms with E-state index in [1.165, 1.54) is 11.1 Å². The molecule has 0 radical (unpaired) electrons. The SMILES string of the molecule is Cc1cccc(CCC(=O)NCc2cn[nH]c2N)c1. The van der Waals surface area contributed by atoms with Crippen LogP contribution in [-0.2, 0) is 17.8 Å². The highest BCUT2D eigenvalue weighted by atomic mass is 16.1. The molecule has 5 nitrogen and oxygen atoms in total. The van der Waals surface area contributed by atoms with E-state index >= 15 is 0 Å². The van der Waals surface area contributed by atoms with Gasteiger partial charge in [-0.05, 0) is 18.9 Å². The Morgan fingerprint density at radius 3 is 3.00 bits per heavy atom. The molecule has 0 fully saturated rings. The van der Waals surface area contributed by atoms with E-state index in [4.69, 9.17) is 5.73 Å². The fourth-order valence-corrected chi connectivity index (χ4v) is 1.87. The number of hydrogen-bond acceptors (Lipinski definition) is 3. The highest BCUT2D eigenvalue weighted by Crippen LogP contribution is 2.07. The summed E-state index contributed by atoms with van der Waals surface area (Å²) >= 11 is 0. The first-order valence-corrected chi connectivity index (χ1v) is 6.25. The molecule has 0 saturated carbocycles. The number of aromatic amines is 1. The molecular weight excluding hydrogens is 240 g/mol. The van der Waals surface area contributed by atoms with Crippen LogP contribution in [0.25, 0.3) is 0 Å². The molecule has 100 valence electrons. The maximum atomic E-state index is 11.7. The summed E-state index contributed by atoms with van der Waals surface area (Å²) in [5, 5.41) is 9.27. The van der Waals surface area contributed by atoms with Crippen LogP contribution in [0.5, 0.6) is 0 Å². The van der Waals surface area contributed by atoms with Gasteiger partial charge in [0.1, 0.15) is 5.82 Å². The lowest BCUT2D eigenvalue weighted by Gasteiger charge is -2.05. The van der Waals surface area contributed by atoms with Crippen molar-refractivity contribution in [3.8, 4) is 0 Å². The molecule has 0 spiro atoms. The van der Waals surface area contributed by atoms with Crippen molar-refractivity contribution in [2.45, 2.75) is 26.3 Å². The normalized spacial score (nSPS) is 10.4. The van der Waals surface area contributed by atoms with Crippen LogP contribution in [0.4, 0.5) is 5.82 Å². The number of aromatic nitrogens is 2. The van der Waals surface area contributed by atoms with Gasteiger partial charge in [-0.3, -0.25) is 9.89 Å². The van der Waals surface area contributed by atoms with Crippen LogP contribution in [0.1, 0.15) is 23.1 Å². The van der Waals surface area contributed by atoms with Crippen molar-refractivity contribution >= 4 is 11.7 Å². The minimum Gasteiger partial charge on any atom is -0.384 e. The summed E-state index contributed by atoms with van der Waals surface area (Å²) in [5.74, 6) is 0.515. The first-order chi connectivity index (χ1) is 9.15. The number of nitrogens with zero attached hydrogens (tertiary/aromatic N) is 1. The summed E-state index contributed by atoms with van der Waals surface area (Å²) in [6.45, 7) is 2.46. The number of nitrogens with two attached hydrogens (primary N) is 1. The molecule has 1 aromatic heterocycles. The zero-order chi connectivity index (χ0) is 13.7. The number of benzene rings is 1. The molecule has 0 saturated heterocycles. The average Bonchev–Trinajstić information content (AvgIpc) is 2.80. The van der Waals surface area contributed by atoms with Crippen molar-refractivity contribution in [1.82, 2.24) is 15.5 Å². The van der Waals surface area contributed by atoms with Crippen molar-refractivity contribution in [2.24, 2.45) is 0 Å². The Kier molecular flexibility index (Phi) is 4.18. The fourth-order valence-electron chi connectivity index (χ4n) is 1.87. The highest BCUT2D eigenvalue weighted by Gasteiger charge is 2.05. The molecule has 2 rings (SSSR count). The number of carbonyl (C=O) groups excluding carboxylic acids is 1. The summed E-state index contributed by atoms with van der Waals surface area (Å²) in [5.41, 5.74) is 8.84. The van der Waals surface area contributed by atoms with Crippen molar-refractivity contribution in [3.05, 3.63) is 47.2 Å². The summed E-state index contributed by atoms with van der Waals surface area (Å²) in [6.07, 6.45) is 2.84. The number of rotatable bonds is 5. The maximum Gasteiger partial charge on any atom is 0.220 e. The zero-order valence-electron chi connectivity index (χ0n) is 10.9. The minimum atomic E-state index is 0.0158. The van der Waals surface area contributed by atoms with Gasteiger partial charge in [0.05, 0.1) is 6.20 Å².